The van der Waals surface area contributed by atoms with Gasteiger partial charge in [-0.15, -0.1) is 0 Å². The number of hydrogen-bond acceptors (Lipinski definition) is 18. The molecule has 92 heavy (non-hydrogen) atoms. The molecule has 2 saturated heterocycles. The van der Waals surface area contributed by atoms with Crippen molar-refractivity contribution in [3.8, 4) is 5.75 Å². The average Bonchev–Trinajstić information content (AvgIpc) is 0.814. The molecule has 30 nitrogen and oxygen atoms in total. The van der Waals surface area contributed by atoms with Crippen LogP contribution in [-0.2, 0) is 65.6 Å². The molecule has 0 bridgehead atoms. The highest BCUT2D eigenvalue weighted by Crippen LogP contribution is 2.24. The number of amides is 7. The fourth-order valence-electron chi connectivity index (χ4n) is 10.8. The third kappa shape index (κ3) is 26.9. The third-order valence-electron chi connectivity index (χ3n) is 15.9. The number of likely N-dealkylation sites (N-methyl/N-ethyl adjacent to an activating group) is 1. The predicted octanol–water partition coefficient (Wildman–Crippen LogP) is -2.26. The van der Waals surface area contributed by atoms with Crippen LogP contribution in [-0.4, -0.2) is 259 Å². The first-order chi connectivity index (χ1) is 44.0. The number of phenolic OH excluding ortho intramolecular Hbond substituents is 1. The van der Waals surface area contributed by atoms with E-state index >= 15 is 0 Å². The van der Waals surface area contributed by atoms with E-state index in [1.165, 1.54) is 24.1 Å². The molecule has 0 spiro atoms. The van der Waals surface area contributed by atoms with Crippen LogP contribution in [0, 0.1) is 0 Å². The minimum Gasteiger partial charge on any atom is -0.508 e. The summed E-state index contributed by atoms with van der Waals surface area (Å²) < 4.78 is 0. The van der Waals surface area contributed by atoms with Gasteiger partial charge in [-0.25, -0.2) is 0 Å². The Kier molecular flexibility index (Phi) is 31.1. The van der Waals surface area contributed by atoms with Crippen LogP contribution in [0.1, 0.15) is 75.3 Å². The molecule has 2 heterocycles. The highest BCUT2D eigenvalue weighted by molar-refractivity contribution is 5.95. The number of aldehydes is 1. The fourth-order valence-corrected chi connectivity index (χ4v) is 10.8. The molecule has 2 aliphatic rings. The number of unbranched alkanes of at least 4 members (excludes halogenated alkanes) is 2. The molecule has 3 aromatic rings. The lowest BCUT2D eigenvalue weighted by Crippen LogP contribution is -2.68. The largest absolute Gasteiger partial charge is 0.508 e. The smallest absolute Gasteiger partial charge is 0.317 e. The van der Waals surface area contributed by atoms with E-state index < -0.39 is 71.9 Å². The lowest BCUT2D eigenvalue weighted by Gasteiger charge is -2.42. The van der Waals surface area contributed by atoms with E-state index in [0.29, 0.717) is 62.7 Å². The van der Waals surface area contributed by atoms with Gasteiger partial charge in [-0.2, -0.15) is 0 Å². The number of aliphatic carboxylic acids is 3. The summed E-state index contributed by atoms with van der Waals surface area (Å²) in [6, 6.07) is 15.4. The van der Waals surface area contributed by atoms with Crippen LogP contribution in [0.2, 0.25) is 0 Å². The molecule has 3 aromatic carbocycles. The van der Waals surface area contributed by atoms with Gasteiger partial charge in [0, 0.05) is 104 Å². The molecule has 5 rings (SSSR count). The van der Waals surface area contributed by atoms with Crippen molar-refractivity contribution in [1.82, 2.24) is 61.7 Å². The number of carbonyl (C=O) groups is 11. The number of nitrogens with zero attached hydrogens (tertiary/aromatic N) is 6. The maximum Gasteiger partial charge on any atom is 0.317 e. The zero-order valence-corrected chi connectivity index (χ0v) is 52.3. The molecule has 0 aromatic heterocycles. The fraction of sp³-hybridized carbons (Fsp3) is 0.548. The molecule has 4 atom stereocenters. The number of hydrogen-bond donors (Lipinski definition) is 13. The topological polar surface area (TPSA) is 433 Å². The number of aliphatic imine (C=N–C) groups is 1. The summed E-state index contributed by atoms with van der Waals surface area (Å²) in [6.07, 6.45) is 2.90. The van der Waals surface area contributed by atoms with E-state index in [4.69, 9.17) is 11.5 Å². The van der Waals surface area contributed by atoms with Crippen molar-refractivity contribution in [2.24, 2.45) is 16.5 Å². The Morgan fingerprint density at radius 1 is 0.598 bits per heavy atom. The number of carboxylic acid groups (broad SMARTS) is 3. The molecule has 0 radical (unpaired) electrons. The van der Waals surface area contributed by atoms with Gasteiger partial charge in [0.15, 0.2) is 17.9 Å². The van der Waals surface area contributed by atoms with Gasteiger partial charge in [0.25, 0.3) is 0 Å². The van der Waals surface area contributed by atoms with Crippen LogP contribution in [0.5, 0.6) is 5.75 Å². The molecule has 7 amide bonds. The Morgan fingerprint density at radius 3 is 1.63 bits per heavy atom. The van der Waals surface area contributed by atoms with Gasteiger partial charge in [-0.05, 0) is 92.4 Å². The lowest BCUT2D eigenvalue weighted by atomic mass is 9.95. The number of nitrogens with one attached hydrogen (secondary N) is 7. The quantitative estimate of drug-likeness (QED) is 0.0140. The first-order valence-corrected chi connectivity index (χ1v) is 31.1. The molecule has 4 unspecified atom stereocenters. The zero-order valence-electron chi connectivity index (χ0n) is 52.3. The second kappa shape index (κ2) is 38.8. The SMILES string of the molecule is CN1C(CCCNC(=O)CCCCNC(=O)CCCCNC(=O)CN2CCN(CC(=O)O)CCN(CC(=O)O)CCN(CC(=O)O)CC2)C(=O)NC(CCCN=C(N)N)C(=O)NC(Cc2ccc3ccccc3c2)C(=O)NCC(=O)NC1(C=O)Cc1ccc(O)cc1. The normalized spacial score (nSPS) is 19.9. The van der Waals surface area contributed by atoms with E-state index in [9.17, 15) is 73.2 Å². The van der Waals surface area contributed by atoms with E-state index in [0.717, 1.165) is 10.8 Å². The molecule has 15 N–H and O–H groups in total. The number of aromatic hydroxyl groups is 1. The summed E-state index contributed by atoms with van der Waals surface area (Å²) in [5.41, 5.74) is 10.4. The minimum absolute atomic E-state index is 0.00248. The average molecular weight is 1290 g/mol. The van der Waals surface area contributed by atoms with Crippen LogP contribution in [0.25, 0.3) is 10.8 Å². The number of rotatable bonds is 31. The minimum atomic E-state index is -1.94. The number of carboxylic acids is 3. The molecule has 2 aliphatic heterocycles. The van der Waals surface area contributed by atoms with Crippen LogP contribution in [0.4, 0.5) is 0 Å². The second-order valence-corrected chi connectivity index (χ2v) is 23.1. The number of carbonyl (C=O) groups excluding carboxylic acids is 8. The molecule has 0 saturated carbocycles. The van der Waals surface area contributed by atoms with Crippen LogP contribution in [0.15, 0.2) is 71.7 Å². The Labute approximate surface area is 534 Å². The van der Waals surface area contributed by atoms with Crippen molar-refractivity contribution < 1.29 is 73.2 Å². The Balaban J connectivity index is 1.13. The van der Waals surface area contributed by atoms with Gasteiger partial charge in [0.2, 0.25) is 41.4 Å². The lowest BCUT2D eigenvalue weighted by molar-refractivity contribution is -0.141. The summed E-state index contributed by atoms with van der Waals surface area (Å²) in [5, 5.41) is 59.9. The number of guanidine groups is 1. The number of phenols is 1. The van der Waals surface area contributed by atoms with Crippen molar-refractivity contribution in [3.05, 3.63) is 77.9 Å². The highest BCUT2D eigenvalue weighted by atomic mass is 16.4. The Morgan fingerprint density at radius 2 is 1.10 bits per heavy atom. The zero-order chi connectivity index (χ0) is 67.0. The van der Waals surface area contributed by atoms with Gasteiger partial charge in [-0.3, -0.25) is 82.2 Å². The number of nitrogens with two attached hydrogens (primary N) is 2. The first-order valence-electron chi connectivity index (χ1n) is 31.1. The number of fused-ring (bicyclic) bond motifs is 1. The van der Waals surface area contributed by atoms with Gasteiger partial charge in [-0.1, -0.05) is 54.6 Å². The molecule has 2 fully saturated rings. The Hall–Kier alpha value is -8.84. The van der Waals surface area contributed by atoms with Crippen molar-refractivity contribution >= 4 is 82.3 Å². The second-order valence-electron chi connectivity index (χ2n) is 23.1. The van der Waals surface area contributed by atoms with Crippen molar-refractivity contribution in [3.63, 3.8) is 0 Å². The van der Waals surface area contributed by atoms with E-state index in [2.05, 4.69) is 42.2 Å². The van der Waals surface area contributed by atoms with Crippen molar-refractivity contribution in [1.29, 1.82) is 0 Å². The monoisotopic (exact) mass is 1290 g/mol. The van der Waals surface area contributed by atoms with Gasteiger partial charge in [0.1, 0.15) is 17.8 Å². The molecule has 504 valence electrons. The third-order valence-corrected chi connectivity index (χ3v) is 15.9. The summed E-state index contributed by atoms with van der Waals surface area (Å²) in [6.45, 7) is 1.41. The van der Waals surface area contributed by atoms with Crippen molar-refractivity contribution in [2.75, 3.05) is 118 Å². The maximum atomic E-state index is 14.8. The highest BCUT2D eigenvalue weighted by Gasteiger charge is 2.43. The summed E-state index contributed by atoms with van der Waals surface area (Å²) >= 11 is 0. The van der Waals surface area contributed by atoms with E-state index in [1.807, 2.05) is 47.4 Å². The summed E-state index contributed by atoms with van der Waals surface area (Å²) in [7, 11) is 1.47. The van der Waals surface area contributed by atoms with Gasteiger partial charge in [0.05, 0.1) is 38.8 Å². The molecule has 0 aliphatic carbocycles. The number of benzene rings is 3. The molecule has 30 heteroatoms. The van der Waals surface area contributed by atoms with E-state index in [-0.39, 0.29) is 166 Å². The summed E-state index contributed by atoms with van der Waals surface area (Å²) in [5.74, 6) is -7.10. The molecular formula is C62H91N15O15. The van der Waals surface area contributed by atoms with Crippen LogP contribution in [0.3, 0.4) is 0 Å². The predicted molar refractivity (Wildman–Crippen MR) is 339 cm³/mol. The van der Waals surface area contributed by atoms with Gasteiger partial charge < -0.3 is 69.1 Å². The van der Waals surface area contributed by atoms with Crippen LogP contribution < -0.4 is 48.7 Å². The van der Waals surface area contributed by atoms with Gasteiger partial charge >= 0.3 is 17.9 Å². The molecular weight excluding hydrogens is 1190 g/mol. The summed E-state index contributed by atoms with van der Waals surface area (Å²) in [4.78, 5) is 156. The Bertz CT molecular complexity index is 2970. The van der Waals surface area contributed by atoms with E-state index in [1.54, 1.807) is 26.8 Å². The van der Waals surface area contributed by atoms with Crippen molar-refractivity contribution in [2.45, 2.75) is 101 Å². The standard InChI is InChI=1S/C62H91N15O15/c1-73-50(13-9-24-66-52(81)15-4-6-22-65-51(80)14-5-7-23-67-54(83)38-74-26-28-75(39-55(84)85)30-32-77(41-57(88)89)33-31-76(29-27-74)40-56(86)87)60(92)70-48(12-8-25-68-61(63)64)59(91)71-49(35-44-16-19-45-10-2-3-11-46(45)34-44)58(90)69-37-53(82)72-62(73,42-78)36-43-17-20-47(79)21-18-43/h2-3,10-11,16-21,34,42,48-50,79H,4-9,12-15,22-33,35-41H2,1H3,(H,65,80)(H,66,81)(H,67,83)(H,69,90)(H,70,92)(H,71,91)(H,72,82)(H,84,85)(H,86,87)(H,88,89)(H4,63,64,68). The first kappa shape index (κ1) is 73.9. The maximum absolute atomic E-state index is 14.8. The van der Waals surface area contributed by atoms with Crippen LogP contribution >= 0.6 is 0 Å².